The molecule has 2 aromatic carbocycles. The molecule has 0 unspecified atom stereocenters. The molecule has 11 heteroatoms. The first-order valence-corrected chi connectivity index (χ1v) is 15.5. The van der Waals surface area contributed by atoms with Crippen molar-refractivity contribution < 1.29 is 33.4 Å². The minimum Gasteiger partial charge on any atom is -0.483 e. The highest BCUT2D eigenvalue weighted by molar-refractivity contribution is 5.84. The van der Waals surface area contributed by atoms with E-state index in [9.17, 15) is 23.5 Å². The van der Waals surface area contributed by atoms with Crippen LogP contribution in [0.2, 0.25) is 0 Å². The lowest BCUT2D eigenvalue weighted by Gasteiger charge is -2.44. The van der Waals surface area contributed by atoms with Crippen molar-refractivity contribution in [3.8, 4) is 0 Å². The lowest BCUT2D eigenvalue weighted by molar-refractivity contribution is -0.128. The van der Waals surface area contributed by atoms with Crippen molar-refractivity contribution in [3.05, 3.63) is 70.8 Å². The summed E-state index contributed by atoms with van der Waals surface area (Å²) < 4.78 is 27.8. The van der Waals surface area contributed by atoms with E-state index >= 15 is 0 Å². The Balaban J connectivity index is 0.00000141. The molecule has 2 amide bonds. The van der Waals surface area contributed by atoms with Gasteiger partial charge in [-0.2, -0.15) is 0 Å². The van der Waals surface area contributed by atoms with E-state index in [1.54, 1.807) is 0 Å². The van der Waals surface area contributed by atoms with Crippen LogP contribution >= 0.6 is 0 Å². The Labute approximate surface area is 257 Å². The molecule has 6 rings (SSSR count). The van der Waals surface area contributed by atoms with Gasteiger partial charge < -0.3 is 31.1 Å². The molecule has 0 radical (unpaired) electrons. The van der Waals surface area contributed by atoms with Crippen LogP contribution in [0.3, 0.4) is 0 Å². The monoisotopic (exact) mass is 614 g/mol. The number of aliphatic hydroxyl groups excluding tert-OH is 1. The fraction of sp³-hybridized carbons (Fsp3) is 0.545. The van der Waals surface area contributed by atoms with Crippen LogP contribution in [0.4, 0.5) is 8.78 Å². The third-order valence-corrected chi connectivity index (χ3v) is 9.06. The van der Waals surface area contributed by atoms with Gasteiger partial charge in [-0.15, -0.1) is 0 Å². The maximum Gasteiger partial charge on any atom is 0.290 e. The van der Waals surface area contributed by atoms with Crippen molar-refractivity contribution in [1.82, 2.24) is 20.9 Å². The molecule has 44 heavy (non-hydrogen) atoms. The normalized spacial score (nSPS) is 22.6. The molecule has 9 nitrogen and oxygen atoms in total. The number of fused-ring (bicyclic) bond motifs is 3. The summed E-state index contributed by atoms with van der Waals surface area (Å²) in [4.78, 5) is 36.3. The van der Waals surface area contributed by atoms with Crippen LogP contribution in [0.5, 0.6) is 0 Å². The van der Waals surface area contributed by atoms with Crippen LogP contribution in [0, 0.1) is 17.6 Å². The highest BCUT2D eigenvalue weighted by Gasteiger charge is 2.44. The number of hydrogen-bond acceptors (Lipinski definition) is 6. The fourth-order valence-corrected chi connectivity index (χ4v) is 6.40. The van der Waals surface area contributed by atoms with Crippen molar-refractivity contribution >= 4 is 18.3 Å². The fourth-order valence-electron chi connectivity index (χ4n) is 6.40. The average molecular weight is 615 g/mol. The molecule has 240 valence electrons. The number of carbonyl (C=O) groups is 3. The van der Waals surface area contributed by atoms with Gasteiger partial charge in [0.1, 0.15) is 11.6 Å². The quantitative estimate of drug-likeness (QED) is 0.219. The number of nitrogens with zero attached hydrogens (tertiary/aromatic N) is 1. The van der Waals surface area contributed by atoms with Gasteiger partial charge in [0.25, 0.3) is 6.47 Å². The molecular formula is C33H44F2N4O5. The molecular weight excluding hydrogens is 570 g/mol. The number of aryl methyl sites for hydroxylation is 1. The molecule has 2 aromatic rings. The summed E-state index contributed by atoms with van der Waals surface area (Å²) in [6.07, 6.45) is 4.03. The zero-order valence-corrected chi connectivity index (χ0v) is 25.2. The first kappa shape index (κ1) is 33.5. The van der Waals surface area contributed by atoms with Crippen molar-refractivity contribution in [2.45, 2.75) is 82.0 Å². The number of carbonyl (C=O) groups excluding carboxylic acids is 2. The van der Waals surface area contributed by atoms with Crippen LogP contribution < -0.4 is 16.0 Å². The second-order valence-electron chi connectivity index (χ2n) is 12.2. The SMILES string of the molecule is CCc1cccc(C2(NC[C@@H](O)[C@H](Cc3cc(F)cc(F)c3)NC(=O)CCC(=O)N[C@H]3CN4CCC3CC4)CC2)c1.O=CO. The summed E-state index contributed by atoms with van der Waals surface area (Å²) >= 11 is 0. The minimum absolute atomic E-state index is 0.0329. The van der Waals surface area contributed by atoms with Gasteiger partial charge in [-0.3, -0.25) is 14.4 Å². The summed E-state index contributed by atoms with van der Waals surface area (Å²) in [7, 11) is 0. The molecule has 2 bridgehead atoms. The summed E-state index contributed by atoms with van der Waals surface area (Å²) in [5.41, 5.74) is 2.53. The van der Waals surface area contributed by atoms with E-state index in [0.717, 1.165) is 57.8 Å². The molecule has 5 N–H and O–H groups in total. The van der Waals surface area contributed by atoms with E-state index in [1.165, 1.54) is 23.3 Å². The van der Waals surface area contributed by atoms with Gasteiger partial charge in [-0.1, -0.05) is 31.2 Å². The Bertz CT molecular complexity index is 1260. The van der Waals surface area contributed by atoms with Gasteiger partial charge >= 0.3 is 0 Å². The molecule has 1 saturated carbocycles. The number of nitrogens with one attached hydrogen (secondary N) is 3. The number of carboxylic acid groups (broad SMARTS) is 1. The predicted octanol–water partition coefficient (Wildman–Crippen LogP) is 2.89. The molecule has 0 spiro atoms. The van der Waals surface area contributed by atoms with Gasteiger partial charge in [-0.05, 0) is 86.4 Å². The number of piperidine rings is 3. The third-order valence-electron chi connectivity index (χ3n) is 9.06. The van der Waals surface area contributed by atoms with E-state index in [2.05, 4.69) is 46.0 Å². The molecule has 4 aliphatic rings. The van der Waals surface area contributed by atoms with E-state index in [0.29, 0.717) is 11.5 Å². The number of amides is 2. The standard InChI is InChI=1S/C32H42F2N4O3.CH2O2/c1-2-21-4-3-5-24(14-21)32(10-11-32)35-19-29(39)27(17-22-15-25(33)18-26(34)16-22)36-30(40)6-7-31(41)37-28-20-38-12-8-23(28)9-13-38;2-1-3/h3-5,14-16,18,23,27-29,35,39H,2,6-13,17,19-20H2,1H3,(H,36,40)(H,37,41);1H,(H,2,3)/t27-,28-,29+;/m0./s1. The zero-order valence-electron chi connectivity index (χ0n) is 25.2. The molecule has 3 aliphatic heterocycles. The maximum atomic E-state index is 13.9. The average Bonchev–Trinajstić information content (AvgIpc) is 3.80. The van der Waals surface area contributed by atoms with Gasteiger partial charge in [0.2, 0.25) is 11.8 Å². The Kier molecular flexibility index (Phi) is 11.8. The van der Waals surface area contributed by atoms with Gasteiger partial charge in [0.05, 0.1) is 12.1 Å². The lowest BCUT2D eigenvalue weighted by atomic mass is 9.84. The first-order chi connectivity index (χ1) is 21.1. The Hall–Kier alpha value is -3.41. The largest absolute Gasteiger partial charge is 0.483 e. The number of benzene rings is 2. The van der Waals surface area contributed by atoms with Crippen molar-refractivity contribution in [2.24, 2.45) is 5.92 Å². The number of hydrogen-bond donors (Lipinski definition) is 5. The highest BCUT2D eigenvalue weighted by Crippen LogP contribution is 2.45. The van der Waals surface area contributed by atoms with E-state index in [4.69, 9.17) is 9.90 Å². The smallest absolute Gasteiger partial charge is 0.290 e. The number of halogens is 2. The summed E-state index contributed by atoms with van der Waals surface area (Å²) in [5, 5.41) is 27.5. The summed E-state index contributed by atoms with van der Waals surface area (Å²) in [6, 6.07) is 11.0. The number of rotatable bonds is 13. The van der Waals surface area contributed by atoms with Gasteiger partial charge in [0, 0.05) is 43.6 Å². The van der Waals surface area contributed by atoms with Crippen molar-refractivity contribution in [1.29, 1.82) is 0 Å². The maximum absolute atomic E-state index is 13.9. The molecule has 1 aliphatic carbocycles. The minimum atomic E-state index is -1.02. The van der Waals surface area contributed by atoms with Crippen molar-refractivity contribution in [2.75, 3.05) is 26.2 Å². The summed E-state index contributed by atoms with van der Waals surface area (Å²) in [5.74, 6) is -1.47. The van der Waals surface area contributed by atoms with Crippen LogP contribution in [0.1, 0.15) is 62.1 Å². The Morgan fingerprint density at radius 2 is 1.70 bits per heavy atom. The molecule has 3 heterocycles. The van der Waals surface area contributed by atoms with E-state index in [1.807, 2.05) is 6.07 Å². The predicted molar refractivity (Wildman–Crippen MR) is 162 cm³/mol. The summed E-state index contributed by atoms with van der Waals surface area (Å²) in [6.45, 7) is 5.08. The van der Waals surface area contributed by atoms with Crippen LogP contribution in [0.15, 0.2) is 42.5 Å². The molecule has 3 atom stereocenters. The van der Waals surface area contributed by atoms with E-state index < -0.39 is 23.8 Å². The van der Waals surface area contributed by atoms with E-state index in [-0.39, 0.29) is 55.7 Å². The molecule has 4 fully saturated rings. The van der Waals surface area contributed by atoms with Gasteiger partial charge in [0.15, 0.2) is 0 Å². The van der Waals surface area contributed by atoms with Crippen LogP contribution in [-0.2, 0) is 32.8 Å². The Morgan fingerprint density at radius 1 is 1.05 bits per heavy atom. The second-order valence-corrected chi connectivity index (χ2v) is 12.2. The molecule has 3 saturated heterocycles. The third kappa shape index (κ3) is 9.30. The first-order valence-electron chi connectivity index (χ1n) is 15.5. The highest BCUT2D eigenvalue weighted by atomic mass is 19.1. The zero-order chi connectivity index (χ0) is 31.7. The Morgan fingerprint density at radius 3 is 2.30 bits per heavy atom. The van der Waals surface area contributed by atoms with Gasteiger partial charge in [-0.25, -0.2) is 8.78 Å². The van der Waals surface area contributed by atoms with Crippen molar-refractivity contribution in [3.63, 3.8) is 0 Å². The van der Waals surface area contributed by atoms with Crippen LogP contribution in [0.25, 0.3) is 0 Å². The van der Waals surface area contributed by atoms with Crippen LogP contribution in [-0.4, -0.2) is 77.8 Å². The topological polar surface area (TPSA) is 131 Å². The second kappa shape index (κ2) is 15.5. The lowest BCUT2D eigenvalue weighted by Crippen LogP contribution is -2.57. The molecule has 0 aromatic heterocycles. The number of aliphatic hydroxyl groups is 1.